The summed E-state index contributed by atoms with van der Waals surface area (Å²) < 4.78 is 5.72. The minimum atomic E-state index is -0.418. The zero-order valence-corrected chi connectivity index (χ0v) is 15.7. The van der Waals surface area contributed by atoms with Gasteiger partial charge in [-0.15, -0.1) is 0 Å². The molecule has 0 unspecified atom stereocenters. The van der Waals surface area contributed by atoms with Crippen LogP contribution in [0, 0.1) is 6.92 Å². The molecule has 0 bridgehead atoms. The molecule has 7 heteroatoms. The number of benzene rings is 1. The average molecular weight is 368 g/mol. The average Bonchev–Trinajstić information content (AvgIpc) is 2.66. The van der Waals surface area contributed by atoms with E-state index in [4.69, 9.17) is 4.74 Å². The van der Waals surface area contributed by atoms with Crippen molar-refractivity contribution in [1.82, 2.24) is 15.8 Å². The van der Waals surface area contributed by atoms with Gasteiger partial charge in [0, 0.05) is 24.8 Å². The Morgan fingerprint density at radius 3 is 2.07 bits per heavy atom. The Hall–Kier alpha value is -2.93. The van der Waals surface area contributed by atoms with Crippen molar-refractivity contribution in [1.29, 1.82) is 0 Å². The van der Waals surface area contributed by atoms with Gasteiger partial charge in [-0.3, -0.25) is 20.4 Å². The highest BCUT2D eigenvalue weighted by atomic mass is 16.5. The van der Waals surface area contributed by atoms with E-state index in [9.17, 15) is 9.59 Å². The maximum absolute atomic E-state index is 12.2. The number of aryl methyl sites for hydroxylation is 1. The number of aromatic nitrogens is 1. The van der Waals surface area contributed by atoms with Crippen LogP contribution in [0.3, 0.4) is 0 Å². The number of carbonyl (C=O) groups is 2. The van der Waals surface area contributed by atoms with Gasteiger partial charge in [-0.05, 0) is 45.0 Å². The summed E-state index contributed by atoms with van der Waals surface area (Å²) in [6.07, 6.45) is 1.78. The second kappa shape index (κ2) is 8.18. The van der Waals surface area contributed by atoms with Crippen LogP contribution in [-0.4, -0.2) is 42.1 Å². The first kappa shape index (κ1) is 18.8. The third-order valence-electron chi connectivity index (χ3n) is 4.36. The zero-order chi connectivity index (χ0) is 19.4. The predicted octanol–water partition coefficient (Wildman–Crippen LogP) is 2.08. The van der Waals surface area contributed by atoms with Gasteiger partial charge in [0.05, 0.1) is 17.8 Å². The minimum absolute atomic E-state index is 0.135. The third kappa shape index (κ3) is 4.83. The van der Waals surface area contributed by atoms with Gasteiger partial charge >= 0.3 is 0 Å². The number of hydrogen-bond acceptors (Lipinski definition) is 5. The number of hydrogen-bond donors (Lipinski definition) is 2. The first-order chi connectivity index (χ1) is 12.9. The number of rotatable bonds is 3. The molecule has 2 aromatic rings. The standard InChI is InChI=1S/C20H24N4O3/c1-13-4-6-16(7-5-13)19(25)22-23-20(26)17-8-9-18(21-10-17)24-11-14(2)27-15(3)12-24/h4-10,14-15H,11-12H2,1-3H3,(H,22,25)(H,23,26)/t14-,15+. The van der Waals surface area contributed by atoms with E-state index in [2.05, 4.69) is 20.7 Å². The number of nitrogens with zero attached hydrogens (tertiary/aromatic N) is 2. The molecule has 1 saturated heterocycles. The molecule has 1 fully saturated rings. The Morgan fingerprint density at radius 1 is 0.963 bits per heavy atom. The molecule has 0 aliphatic carbocycles. The van der Waals surface area contributed by atoms with Gasteiger partial charge in [-0.2, -0.15) is 0 Å². The van der Waals surface area contributed by atoms with Crippen LogP contribution in [0.25, 0.3) is 0 Å². The van der Waals surface area contributed by atoms with Gasteiger partial charge in [0.2, 0.25) is 0 Å². The maximum Gasteiger partial charge on any atom is 0.271 e. The number of pyridine rings is 1. The van der Waals surface area contributed by atoms with Crippen LogP contribution in [0.2, 0.25) is 0 Å². The van der Waals surface area contributed by atoms with E-state index >= 15 is 0 Å². The van der Waals surface area contributed by atoms with Crippen molar-refractivity contribution >= 4 is 17.6 Å². The van der Waals surface area contributed by atoms with Gasteiger partial charge in [0.15, 0.2) is 0 Å². The van der Waals surface area contributed by atoms with E-state index in [0.717, 1.165) is 24.5 Å². The summed E-state index contributed by atoms with van der Waals surface area (Å²) in [6, 6.07) is 10.6. The monoisotopic (exact) mass is 368 g/mol. The van der Waals surface area contributed by atoms with Crippen molar-refractivity contribution in [2.24, 2.45) is 0 Å². The summed E-state index contributed by atoms with van der Waals surface area (Å²) in [4.78, 5) is 30.8. The lowest BCUT2D eigenvalue weighted by Crippen LogP contribution is -2.46. The van der Waals surface area contributed by atoms with Crippen molar-refractivity contribution in [3.63, 3.8) is 0 Å². The SMILES string of the molecule is Cc1ccc(C(=O)NNC(=O)c2ccc(N3C[C@@H](C)O[C@@H](C)C3)nc2)cc1. The van der Waals surface area contributed by atoms with Crippen LogP contribution in [0.1, 0.15) is 40.1 Å². The van der Waals surface area contributed by atoms with E-state index in [-0.39, 0.29) is 18.1 Å². The van der Waals surface area contributed by atoms with Crippen LogP contribution in [0.15, 0.2) is 42.6 Å². The molecule has 7 nitrogen and oxygen atoms in total. The highest BCUT2D eigenvalue weighted by Crippen LogP contribution is 2.18. The van der Waals surface area contributed by atoms with Gasteiger partial charge < -0.3 is 9.64 Å². The second-order valence-corrected chi connectivity index (χ2v) is 6.84. The Bertz CT molecular complexity index is 795. The van der Waals surface area contributed by atoms with Crippen molar-refractivity contribution in [3.05, 3.63) is 59.3 Å². The fraction of sp³-hybridized carbons (Fsp3) is 0.350. The molecule has 0 saturated carbocycles. The van der Waals surface area contributed by atoms with E-state index in [0.29, 0.717) is 11.1 Å². The lowest BCUT2D eigenvalue weighted by atomic mass is 10.1. The Kier molecular flexibility index (Phi) is 5.71. The third-order valence-corrected chi connectivity index (χ3v) is 4.36. The van der Waals surface area contributed by atoms with Crippen molar-refractivity contribution in [2.45, 2.75) is 33.0 Å². The lowest BCUT2D eigenvalue weighted by Gasteiger charge is -2.36. The topological polar surface area (TPSA) is 83.6 Å². The molecule has 1 aromatic carbocycles. The number of ether oxygens (including phenoxy) is 1. The van der Waals surface area contributed by atoms with E-state index in [1.807, 2.05) is 39.0 Å². The fourth-order valence-corrected chi connectivity index (χ4v) is 3.04. The summed E-state index contributed by atoms with van der Waals surface area (Å²) in [5.74, 6) is 0.0136. The normalized spacial score (nSPS) is 19.4. The number of hydrazine groups is 1. The first-order valence-corrected chi connectivity index (χ1v) is 8.96. The molecule has 0 spiro atoms. The highest BCUT2D eigenvalue weighted by Gasteiger charge is 2.23. The Balaban J connectivity index is 1.57. The number of nitrogens with one attached hydrogen (secondary N) is 2. The molecule has 142 valence electrons. The van der Waals surface area contributed by atoms with Crippen molar-refractivity contribution in [3.8, 4) is 0 Å². The van der Waals surface area contributed by atoms with Crippen LogP contribution >= 0.6 is 0 Å². The van der Waals surface area contributed by atoms with Crippen LogP contribution < -0.4 is 15.8 Å². The van der Waals surface area contributed by atoms with E-state index < -0.39 is 5.91 Å². The number of amides is 2. The summed E-state index contributed by atoms with van der Waals surface area (Å²) in [5, 5.41) is 0. The highest BCUT2D eigenvalue weighted by molar-refractivity contribution is 5.99. The number of carbonyl (C=O) groups excluding carboxylic acids is 2. The molecule has 2 heterocycles. The number of anilines is 1. The van der Waals surface area contributed by atoms with Crippen LogP contribution in [0.5, 0.6) is 0 Å². The fourth-order valence-electron chi connectivity index (χ4n) is 3.04. The van der Waals surface area contributed by atoms with Gasteiger partial charge in [-0.1, -0.05) is 17.7 Å². The maximum atomic E-state index is 12.2. The minimum Gasteiger partial charge on any atom is -0.372 e. The molecule has 0 radical (unpaired) electrons. The largest absolute Gasteiger partial charge is 0.372 e. The quantitative estimate of drug-likeness (QED) is 0.811. The predicted molar refractivity (Wildman–Crippen MR) is 103 cm³/mol. The second-order valence-electron chi connectivity index (χ2n) is 6.84. The zero-order valence-electron chi connectivity index (χ0n) is 15.7. The molecule has 27 heavy (non-hydrogen) atoms. The molecule has 1 aliphatic heterocycles. The van der Waals surface area contributed by atoms with E-state index in [1.54, 1.807) is 18.2 Å². The van der Waals surface area contributed by atoms with Gasteiger partial charge in [0.1, 0.15) is 5.82 Å². The van der Waals surface area contributed by atoms with Crippen molar-refractivity contribution in [2.75, 3.05) is 18.0 Å². The summed E-state index contributed by atoms with van der Waals surface area (Å²) in [6.45, 7) is 7.52. The molecule has 2 atom stereocenters. The summed E-state index contributed by atoms with van der Waals surface area (Å²) in [5.41, 5.74) is 6.74. The molecule has 1 aromatic heterocycles. The molecular weight excluding hydrogens is 344 g/mol. The van der Waals surface area contributed by atoms with Crippen molar-refractivity contribution < 1.29 is 14.3 Å². The van der Waals surface area contributed by atoms with Gasteiger partial charge in [-0.25, -0.2) is 4.98 Å². The first-order valence-electron chi connectivity index (χ1n) is 8.96. The van der Waals surface area contributed by atoms with Crippen LogP contribution in [0.4, 0.5) is 5.82 Å². The van der Waals surface area contributed by atoms with Crippen LogP contribution in [-0.2, 0) is 4.74 Å². The van der Waals surface area contributed by atoms with E-state index in [1.165, 1.54) is 6.20 Å². The van der Waals surface area contributed by atoms with Gasteiger partial charge in [0.25, 0.3) is 11.8 Å². The number of morpholine rings is 1. The lowest BCUT2D eigenvalue weighted by molar-refractivity contribution is -0.00546. The molecule has 2 N–H and O–H groups in total. The Labute approximate surface area is 158 Å². The summed E-state index contributed by atoms with van der Waals surface area (Å²) >= 11 is 0. The molecular formula is C20H24N4O3. The molecule has 2 amide bonds. The summed E-state index contributed by atoms with van der Waals surface area (Å²) in [7, 11) is 0. The Morgan fingerprint density at radius 2 is 1.52 bits per heavy atom. The smallest absolute Gasteiger partial charge is 0.271 e. The molecule has 3 rings (SSSR count). The molecule has 1 aliphatic rings.